The lowest BCUT2D eigenvalue weighted by atomic mass is 10.1. The summed E-state index contributed by atoms with van der Waals surface area (Å²) >= 11 is 0. The van der Waals surface area contributed by atoms with Crippen LogP contribution in [0.3, 0.4) is 0 Å². The van der Waals surface area contributed by atoms with Crippen molar-refractivity contribution in [3.8, 4) is 0 Å². The second kappa shape index (κ2) is 5.37. The summed E-state index contributed by atoms with van der Waals surface area (Å²) in [4.78, 5) is 11.8. The van der Waals surface area contributed by atoms with Gasteiger partial charge in [0.2, 0.25) is 0 Å². The minimum atomic E-state index is -4.64. The number of rotatable bonds is 4. The molecule has 0 aliphatic rings. The zero-order chi connectivity index (χ0) is 13.9. The van der Waals surface area contributed by atoms with Gasteiger partial charge in [-0.05, 0) is 12.5 Å². The standard InChI is InChI=1S/C12H13F4NO/c1-8-4-3-5-9(6-8)7-17(2)11(18)12(15,16)10(13)14/h3-6,10H,7H2,1-2H3. The minimum Gasteiger partial charge on any atom is -0.336 e. The highest BCUT2D eigenvalue weighted by Crippen LogP contribution is 2.25. The number of benzene rings is 1. The smallest absolute Gasteiger partial charge is 0.336 e. The third-order valence-corrected chi connectivity index (χ3v) is 2.41. The molecule has 0 heterocycles. The Labute approximate surface area is 102 Å². The van der Waals surface area contributed by atoms with E-state index in [1.165, 1.54) is 0 Å². The quantitative estimate of drug-likeness (QED) is 0.765. The van der Waals surface area contributed by atoms with Crippen molar-refractivity contribution in [1.29, 1.82) is 0 Å². The summed E-state index contributed by atoms with van der Waals surface area (Å²) < 4.78 is 49.7. The van der Waals surface area contributed by atoms with Crippen LogP contribution >= 0.6 is 0 Å². The number of carbonyl (C=O) groups excluding carboxylic acids is 1. The van der Waals surface area contributed by atoms with Crippen molar-refractivity contribution in [2.45, 2.75) is 25.8 Å². The van der Waals surface area contributed by atoms with Gasteiger partial charge in [-0.15, -0.1) is 0 Å². The molecule has 0 bridgehead atoms. The van der Waals surface area contributed by atoms with E-state index in [0.29, 0.717) is 10.5 Å². The van der Waals surface area contributed by atoms with Gasteiger partial charge < -0.3 is 4.90 Å². The van der Waals surface area contributed by atoms with Gasteiger partial charge in [-0.25, -0.2) is 8.78 Å². The van der Waals surface area contributed by atoms with Gasteiger partial charge in [0.15, 0.2) is 0 Å². The highest BCUT2D eigenvalue weighted by molar-refractivity contribution is 5.83. The van der Waals surface area contributed by atoms with Gasteiger partial charge in [0.05, 0.1) is 0 Å². The average molecular weight is 263 g/mol. The van der Waals surface area contributed by atoms with E-state index >= 15 is 0 Å². The number of nitrogens with zero attached hydrogens (tertiary/aromatic N) is 1. The zero-order valence-electron chi connectivity index (χ0n) is 9.96. The Hall–Kier alpha value is -1.59. The molecular formula is C12H13F4NO. The molecule has 0 spiro atoms. The molecule has 1 amide bonds. The Balaban J connectivity index is 2.77. The number of halogens is 4. The van der Waals surface area contributed by atoms with Gasteiger partial charge >= 0.3 is 12.3 Å². The second-order valence-corrected chi connectivity index (χ2v) is 4.07. The van der Waals surface area contributed by atoms with E-state index in [0.717, 1.165) is 12.6 Å². The molecule has 0 saturated carbocycles. The first-order valence-electron chi connectivity index (χ1n) is 5.22. The van der Waals surface area contributed by atoms with Gasteiger partial charge in [0.25, 0.3) is 5.91 Å². The lowest BCUT2D eigenvalue weighted by Crippen LogP contribution is -2.45. The van der Waals surface area contributed by atoms with Crippen molar-refractivity contribution in [2.24, 2.45) is 0 Å². The van der Waals surface area contributed by atoms with E-state index in [4.69, 9.17) is 0 Å². The fourth-order valence-corrected chi connectivity index (χ4v) is 1.50. The van der Waals surface area contributed by atoms with Crippen LogP contribution < -0.4 is 0 Å². The van der Waals surface area contributed by atoms with Crippen molar-refractivity contribution < 1.29 is 22.4 Å². The van der Waals surface area contributed by atoms with Gasteiger partial charge in [0.1, 0.15) is 0 Å². The summed E-state index contributed by atoms with van der Waals surface area (Å²) in [5, 5.41) is 0. The number of hydrogen-bond donors (Lipinski definition) is 0. The highest BCUT2D eigenvalue weighted by atomic mass is 19.3. The maximum atomic E-state index is 12.8. The normalized spacial score (nSPS) is 11.7. The molecule has 1 aromatic carbocycles. The summed E-state index contributed by atoms with van der Waals surface area (Å²) in [6.07, 6.45) is -4.00. The van der Waals surface area contributed by atoms with E-state index in [1.807, 2.05) is 0 Å². The Bertz CT molecular complexity index is 434. The van der Waals surface area contributed by atoms with Crippen molar-refractivity contribution in [2.75, 3.05) is 7.05 Å². The van der Waals surface area contributed by atoms with Gasteiger partial charge in [0, 0.05) is 13.6 Å². The third-order valence-electron chi connectivity index (χ3n) is 2.41. The largest absolute Gasteiger partial charge is 0.383 e. The first kappa shape index (κ1) is 14.5. The van der Waals surface area contributed by atoms with Gasteiger partial charge in [-0.1, -0.05) is 29.8 Å². The maximum absolute atomic E-state index is 12.8. The summed E-state index contributed by atoms with van der Waals surface area (Å²) in [6, 6.07) is 6.84. The molecule has 0 radical (unpaired) electrons. The molecule has 0 saturated heterocycles. The van der Waals surface area contributed by atoms with E-state index < -0.39 is 18.3 Å². The van der Waals surface area contributed by atoms with Crippen molar-refractivity contribution in [1.82, 2.24) is 4.90 Å². The third kappa shape index (κ3) is 3.21. The lowest BCUT2D eigenvalue weighted by Gasteiger charge is -2.22. The number of amides is 1. The predicted octanol–water partition coefficient (Wildman–Crippen LogP) is 2.85. The molecular weight excluding hydrogens is 250 g/mol. The molecule has 2 nitrogen and oxygen atoms in total. The Kier molecular flexibility index (Phi) is 4.32. The summed E-state index contributed by atoms with van der Waals surface area (Å²) in [7, 11) is 1.07. The Morgan fingerprint density at radius 3 is 2.50 bits per heavy atom. The van der Waals surface area contributed by atoms with Crippen LogP contribution in [0.1, 0.15) is 11.1 Å². The minimum absolute atomic E-state index is 0.136. The number of hydrogen-bond acceptors (Lipinski definition) is 1. The molecule has 18 heavy (non-hydrogen) atoms. The molecule has 1 rings (SSSR count). The van der Waals surface area contributed by atoms with Crippen LogP contribution in [0.15, 0.2) is 24.3 Å². The molecule has 0 aliphatic heterocycles. The van der Waals surface area contributed by atoms with Crippen LogP contribution in [0, 0.1) is 6.92 Å². The number of carbonyl (C=O) groups is 1. The molecule has 0 atom stereocenters. The first-order valence-corrected chi connectivity index (χ1v) is 5.22. The van der Waals surface area contributed by atoms with Crippen LogP contribution in [-0.4, -0.2) is 30.2 Å². The average Bonchev–Trinajstić information content (AvgIpc) is 2.27. The van der Waals surface area contributed by atoms with Crippen molar-refractivity contribution in [3.05, 3.63) is 35.4 Å². The van der Waals surface area contributed by atoms with Crippen LogP contribution in [0.4, 0.5) is 17.6 Å². The first-order chi connectivity index (χ1) is 8.25. The highest BCUT2D eigenvalue weighted by Gasteiger charge is 2.50. The van der Waals surface area contributed by atoms with Crippen molar-refractivity contribution in [3.63, 3.8) is 0 Å². The fraction of sp³-hybridized carbons (Fsp3) is 0.417. The van der Waals surface area contributed by atoms with E-state index in [1.54, 1.807) is 31.2 Å². The van der Waals surface area contributed by atoms with E-state index in [9.17, 15) is 22.4 Å². The summed E-state index contributed by atoms with van der Waals surface area (Å²) in [5.74, 6) is -6.52. The van der Waals surface area contributed by atoms with Crippen LogP contribution in [0.25, 0.3) is 0 Å². The molecule has 100 valence electrons. The second-order valence-electron chi connectivity index (χ2n) is 4.07. The summed E-state index contributed by atoms with van der Waals surface area (Å²) in [5.41, 5.74) is 1.50. The van der Waals surface area contributed by atoms with Crippen LogP contribution in [0.5, 0.6) is 0 Å². The van der Waals surface area contributed by atoms with Gasteiger partial charge in [-0.3, -0.25) is 4.79 Å². The lowest BCUT2D eigenvalue weighted by molar-refractivity contribution is -0.179. The topological polar surface area (TPSA) is 20.3 Å². The fourth-order valence-electron chi connectivity index (χ4n) is 1.50. The summed E-state index contributed by atoms with van der Waals surface area (Å²) in [6.45, 7) is 1.67. The van der Waals surface area contributed by atoms with Crippen molar-refractivity contribution >= 4 is 5.91 Å². The molecule has 0 aromatic heterocycles. The molecule has 1 aromatic rings. The monoisotopic (exact) mass is 263 g/mol. The molecule has 0 fully saturated rings. The maximum Gasteiger partial charge on any atom is 0.383 e. The van der Waals surface area contributed by atoms with Crippen LogP contribution in [-0.2, 0) is 11.3 Å². The predicted molar refractivity (Wildman–Crippen MR) is 58.6 cm³/mol. The Morgan fingerprint density at radius 1 is 1.39 bits per heavy atom. The number of aryl methyl sites for hydroxylation is 1. The van der Waals surface area contributed by atoms with E-state index in [-0.39, 0.29) is 6.54 Å². The van der Waals surface area contributed by atoms with Crippen LogP contribution in [0.2, 0.25) is 0 Å². The zero-order valence-corrected chi connectivity index (χ0v) is 9.96. The molecule has 0 unspecified atom stereocenters. The SMILES string of the molecule is Cc1cccc(CN(C)C(=O)C(F)(F)C(F)F)c1. The van der Waals surface area contributed by atoms with E-state index in [2.05, 4.69) is 0 Å². The number of alkyl halides is 4. The van der Waals surface area contributed by atoms with Gasteiger partial charge in [-0.2, -0.15) is 8.78 Å². The molecule has 0 aliphatic carbocycles. The molecule has 6 heteroatoms. The Morgan fingerprint density at radius 2 is 2.00 bits per heavy atom. The molecule has 0 N–H and O–H groups in total.